The number of aromatic nitrogens is 2. The van der Waals surface area contributed by atoms with E-state index in [1.807, 2.05) is 30.3 Å². The fourth-order valence-electron chi connectivity index (χ4n) is 2.56. The minimum atomic E-state index is -3.60. The van der Waals surface area contributed by atoms with Gasteiger partial charge >= 0.3 is 0 Å². The molecule has 1 aromatic heterocycles. The molecule has 1 heterocycles. The Hall–Kier alpha value is -3.46. The van der Waals surface area contributed by atoms with E-state index in [1.54, 1.807) is 24.3 Å². The SMILES string of the molecule is CS(=O)(=O)c1nsc(NC(=O)C(C#N)=Cc2ccc(OCCCOc3ccccc3)c(Cl)c2)n1. The Labute approximate surface area is 205 Å². The van der Waals surface area contributed by atoms with Crippen molar-refractivity contribution in [2.24, 2.45) is 0 Å². The lowest BCUT2D eigenvalue weighted by Crippen LogP contribution is -2.13. The number of nitrogens with one attached hydrogen (secondary N) is 1. The summed E-state index contributed by atoms with van der Waals surface area (Å²) in [5.41, 5.74) is 0.282. The zero-order valence-electron chi connectivity index (χ0n) is 17.9. The normalized spacial score (nSPS) is 11.5. The molecule has 0 aliphatic heterocycles. The van der Waals surface area contributed by atoms with E-state index in [2.05, 4.69) is 14.7 Å². The molecule has 3 aromatic rings. The van der Waals surface area contributed by atoms with Crippen LogP contribution in [0.15, 0.2) is 59.3 Å². The number of amides is 1. The van der Waals surface area contributed by atoms with Gasteiger partial charge in [0.05, 0.1) is 18.2 Å². The number of para-hydroxylation sites is 1. The van der Waals surface area contributed by atoms with Crippen LogP contribution in [0.2, 0.25) is 5.02 Å². The first-order valence-electron chi connectivity index (χ1n) is 9.83. The van der Waals surface area contributed by atoms with Gasteiger partial charge < -0.3 is 9.47 Å². The van der Waals surface area contributed by atoms with Crippen molar-refractivity contribution in [2.45, 2.75) is 11.6 Å². The van der Waals surface area contributed by atoms with Gasteiger partial charge in [0.25, 0.3) is 11.1 Å². The largest absolute Gasteiger partial charge is 0.493 e. The number of benzene rings is 2. The van der Waals surface area contributed by atoms with Crippen LogP contribution in [-0.4, -0.2) is 43.2 Å². The number of anilines is 1. The molecule has 1 N–H and O–H groups in total. The maximum atomic E-state index is 12.4. The Bertz CT molecular complexity index is 1330. The van der Waals surface area contributed by atoms with E-state index in [1.165, 1.54) is 6.08 Å². The topological polar surface area (TPSA) is 131 Å². The van der Waals surface area contributed by atoms with E-state index in [0.717, 1.165) is 12.0 Å². The third-order valence-electron chi connectivity index (χ3n) is 4.15. The molecule has 0 saturated carbocycles. The average molecular weight is 519 g/mol. The molecule has 176 valence electrons. The van der Waals surface area contributed by atoms with Gasteiger partial charge in [-0.15, -0.1) is 0 Å². The molecular formula is C22H19ClN4O5S2. The maximum Gasteiger partial charge on any atom is 0.268 e. The molecule has 0 atom stereocenters. The molecule has 0 aliphatic carbocycles. The van der Waals surface area contributed by atoms with Crippen molar-refractivity contribution in [3.05, 3.63) is 64.7 Å². The number of carbonyl (C=O) groups is 1. The molecule has 0 saturated heterocycles. The molecule has 0 bridgehead atoms. The molecule has 3 rings (SSSR count). The predicted molar refractivity (Wildman–Crippen MR) is 129 cm³/mol. The number of halogens is 1. The lowest BCUT2D eigenvalue weighted by Gasteiger charge is -2.10. The maximum absolute atomic E-state index is 12.4. The summed E-state index contributed by atoms with van der Waals surface area (Å²) < 4.78 is 37.9. The molecule has 0 spiro atoms. The van der Waals surface area contributed by atoms with Gasteiger partial charge in [-0.3, -0.25) is 10.1 Å². The molecular weight excluding hydrogens is 500 g/mol. The van der Waals surface area contributed by atoms with Crippen molar-refractivity contribution < 1.29 is 22.7 Å². The van der Waals surface area contributed by atoms with Crippen molar-refractivity contribution in [1.29, 1.82) is 5.26 Å². The lowest BCUT2D eigenvalue weighted by atomic mass is 10.1. The number of sulfone groups is 1. The van der Waals surface area contributed by atoms with Gasteiger partial charge in [-0.2, -0.15) is 14.6 Å². The van der Waals surface area contributed by atoms with Crippen LogP contribution < -0.4 is 14.8 Å². The van der Waals surface area contributed by atoms with Crippen molar-refractivity contribution >= 4 is 50.1 Å². The van der Waals surface area contributed by atoms with Gasteiger partial charge in [0, 0.05) is 24.2 Å². The highest BCUT2D eigenvalue weighted by atomic mass is 35.5. The summed E-state index contributed by atoms with van der Waals surface area (Å²) in [6.45, 7) is 0.883. The molecule has 1 amide bonds. The predicted octanol–water partition coefficient (Wildman–Crippen LogP) is 3.99. The molecule has 9 nitrogen and oxygen atoms in total. The second kappa shape index (κ2) is 11.6. The molecule has 0 fully saturated rings. The van der Waals surface area contributed by atoms with Crippen LogP contribution in [0, 0.1) is 11.3 Å². The van der Waals surface area contributed by atoms with E-state index >= 15 is 0 Å². The van der Waals surface area contributed by atoms with E-state index in [-0.39, 0.29) is 10.7 Å². The zero-order valence-corrected chi connectivity index (χ0v) is 20.3. The van der Waals surface area contributed by atoms with Gasteiger partial charge in [-0.25, -0.2) is 8.42 Å². The number of carbonyl (C=O) groups excluding carboxylic acids is 1. The van der Waals surface area contributed by atoms with Crippen LogP contribution in [0.5, 0.6) is 11.5 Å². The van der Waals surface area contributed by atoms with Gasteiger partial charge in [0.2, 0.25) is 15.0 Å². The monoisotopic (exact) mass is 518 g/mol. The minimum Gasteiger partial charge on any atom is -0.493 e. The highest BCUT2D eigenvalue weighted by molar-refractivity contribution is 7.90. The van der Waals surface area contributed by atoms with E-state index < -0.39 is 20.9 Å². The summed E-state index contributed by atoms with van der Waals surface area (Å²) in [5.74, 6) is 0.494. The molecule has 0 unspecified atom stereocenters. The second-order valence-corrected chi connectivity index (χ2v) is 9.90. The lowest BCUT2D eigenvalue weighted by molar-refractivity contribution is -0.112. The smallest absolute Gasteiger partial charge is 0.268 e. The third-order valence-corrected chi connectivity index (χ3v) is 6.04. The summed E-state index contributed by atoms with van der Waals surface area (Å²) >= 11 is 6.97. The molecule has 12 heteroatoms. The van der Waals surface area contributed by atoms with Crippen LogP contribution in [0.3, 0.4) is 0 Å². The zero-order chi connectivity index (χ0) is 24.6. The van der Waals surface area contributed by atoms with Crippen molar-refractivity contribution in [3.63, 3.8) is 0 Å². The summed E-state index contributed by atoms with van der Waals surface area (Å²) in [6, 6.07) is 16.1. The van der Waals surface area contributed by atoms with Crippen molar-refractivity contribution in [3.8, 4) is 17.6 Å². The van der Waals surface area contributed by atoms with Crippen LogP contribution in [0.4, 0.5) is 5.13 Å². The molecule has 34 heavy (non-hydrogen) atoms. The summed E-state index contributed by atoms with van der Waals surface area (Å²) in [4.78, 5) is 16.1. The Kier molecular flexibility index (Phi) is 8.59. The minimum absolute atomic E-state index is 0.0374. The van der Waals surface area contributed by atoms with Crippen molar-refractivity contribution in [1.82, 2.24) is 9.36 Å². The molecule has 0 radical (unpaired) electrons. The highest BCUT2D eigenvalue weighted by Gasteiger charge is 2.17. The number of hydrogen-bond donors (Lipinski definition) is 1. The standard InChI is InChI=1S/C22H19ClN4O5S2/c1-34(29,30)22-26-21(33-27-22)25-20(28)16(14-24)12-15-8-9-19(18(23)13-15)32-11-5-10-31-17-6-3-2-4-7-17/h2-4,6-9,12-13H,5,10-11H2,1H3,(H,25,26,27,28). The number of hydrogen-bond acceptors (Lipinski definition) is 9. The van der Waals surface area contributed by atoms with Crippen LogP contribution in [0.1, 0.15) is 12.0 Å². The molecule has 0 aliphatic rings. The Morgan fingerprint density at radius 2 is 1.94 bits per heavy atom. The Balaban J connectivity index is 1.56. The Morgan fingerprint density at radius 3 is 2.59 bits per heavy atom. The molecule has 2 aromatic carbocycles. The third kappa shape index (κ3) is 7.28. The van der Waals surface area contributed by atoms with Crippen LogP contribution >= 0.6 is 23.1 Å². The quantitative estimate of drug-likeness (QED) is 0.242. The van der Waals surface area contributed by atoms with Crippen molar-refractivity contribution in [2.75, 3.05) is 24.8 Å². The number of nitrogens with zero attached hydrogens (tertiary/aromatic N) is 3. The Morgan fingerprint density at radius 1 is 1.21 bits per heavy atom. The van der Waals surface area contributed by atoms with Crippen LogP contribution in [0.25, 0.3) is 6.08 Å². The van der Waals surface area contributed by atoms with Gasteiger partial charge in [-0.1, -0.05) is 35.9 Å². The first kappa shape index (κ1) is 25.2. The number of rotatable bonds is 10. The van der Waals surface area contributed by atoms with E-state index in [4.69, 9.17) is 21.1 Å². The second-order valence-electron chi connectivity index (χ2n) is 6.83. The van der Waals surface area contributed by atoms with E-state index in [0.29, 0.717) is 47.5 Å². The summed E-state index contributed by atoms with van der Waals surface area (Å²) in [5, 5.41) is 11.6. The first-order chi connectivity index (χ1) is 16.3. The first-order valence-corrected chi connectivity index (χ1v) is 12.9. The fraction of sp³-hybridized carbons (Fsp3) is 0.182. The van der Waals surface area contributed by atoms with Gasteiger partial charge in [0.1, 0.15) is 23.1 Å². The number of ether oxygens (including phenoxy) is 2. The van der Waals surface area contributed by atoms with Crippen LogP contribution in [-0.2, 0) is 14.6 Å². The fourth-order valence-corrected chi connectivity index (χ4v) is 4.25. The van der Waals surface area contributed by atoms with Gasteiger partial charge in [0.15, 0.2) is 0 Å². The highest BCUT2D eigenvalue weighted by Crippen LogP contribution is 2.27. The summed E-state index contributed by atoms with van der Waals surface area (Å²) in [7, 11) is -3.60. The average Bonchev–Trinajstić information content (AvgIpc) is 3.28. The summed E-state index contributed by atoms with van der Waals surface area (Å²) in [6.07, 6.45) is 2.95. The van der Waals surface area contributed by atoms with E-state index in [9.17, 15) is 18.5 Å². The van der Waals surface area contributed by atoms with Gasteiger partial charge in [-0.05, 0) is 35.9 Å². The number of nitriles is 1.